The van der Waals surface area contributed by atoms with Crippen molar-refractivity contribution in [2.24, 2.45) is 20.5 Å². The van der Waals surface area contributed by atoms with E-state index in [0.717, 1.165) is 30.3 Å². The van der Waals surface area contributed by atoms with Crippen LogP contribution >= 0.6 is 0 Å². The molecule has 6 rings (SSSR count). The van der Waals surface area contributed by atoms with E-state index in [0.29, 0.717) is 28.3 Å². The van der Waals surface area contributed by atoms with Gasteiger partial charge in [0.1, 0.15) is 26.9 Å². The van der Waals surface area contributed by atoms with Crippen molar-refractivity contribution in [3.05, 3.63) is 96.1 Å². The van der Waals surface area contributed by atoms with Crippen molar-refractivity contribution in [1.82, 2.24) is 0 Å². The highest BCUT2D eigenvalue weighted by Crippen LogP contribution is 2.43. The fourth-order valence-electron chi connectivity index (χ4n) is 5.72. The summed E-state index contributed by atoms with van der Waals surface area (Å²) in [4.78, 5) is -3.30. The Kier molecular flexibility index (Phi) is 10.1. The van der Waals surface area contributed by atoms with Crippen LogP contribution in [0.2, 0.25) is 0 Å². The molecule has 0 spiro atoms. The van der Waals surface area contributed by atoms with Gasteiger partial charge >= 0.3 is 0 Å². The van der Waals surface area contributed by atoms with Crippen molar-refractivity contribution in [3.8, 4) is 22.6 Å². The van der Waals surface area contributed by atoms with Gasteiger partial charge < -0.3 is 10.2 Å². The second kappa shape index (κ2) is 14.1. The first-order chi connectivity index (χ1) is 25.9. The van der Waals surface area contributed by atoms with Crippen LogP contribution < -0.4 is 0 Å². The molecule has 0 amide bonds. The molecule has 6 N–H and O–H groups in total. The van der Waals surface area contributed by atoms with Gasteiger partial charge in [0.25, 0.3) is 40.5 Å². The predicted octanol–water partition coefficient (Wildman–Crippen LogP) is 7.51. The quantitative estimate of drug-likeness (QED) is 0.0606. The van der Waals surface area contributed by atoms with Crippen molar-refractivity contribution >= 4 is 84.8 Å². The molecule has 22 heteroatoms. The number of phenols is 2. The smallest absolute Gasteiger partial charge is 0.298 e. The maximum atomic E-state index is 12.2. The fraction of sp³-hybridized carbons (Fsp3) is 0.0588. The summed E-state index contributed by atoms with van der Waals surface area (Å²) in [6.07, 6.45) is 0. The second-order valence-electron chi connectivity index (χ2n) is 12.2. The van der Waals surface area contributed by atoms with E-state index in [4.69, 9.17) is 0 Å². The third-order valence-electron chi connectivity index (χ3n) is 8.42. The molecule has 6 aromatic carbocycles. The number of hydrogen-bond donors (Lipinski definition) is 6. The lowest BCUT2D eigenvalue weighted by Gasteiger charge is -2.11. The Labute approximate surface area is 318 Å². The SMILES string of the molecule is Cc1cc(-c2ccc(N=Nc3c(O)ccc4cc(S(=O)(=O)O)cc(S(=O)(=O)O)c34)c(C)c2)ccc1N=Nc1c(O)c(S(=O)(=O)O)cc2cc(S(=O)(=O)O)ccc12. The van der Waals surface area contributed by atoms with Gasteiger partial charge in [0.15, 0.2) is 5.75 Å². The van der Waals surface area contributed by atoms with Crippen LogP contribution in [0, 0.1) is 13.8 Å². The van der Waals surface area contributed by atoms with E-state index < -0.39 is 82.9 Å². The first kappa shape index (κ1) is 40.0. The lowest BCUT2D eigenvalue weighted by molar-refractivity contribution is 0.444. The zero-order chi connectivity index (χ0) is 41.1. The number of aryl methyl sites for hydroxylation is 2. The van der Waals surface area contributed by atoms with Gasteiger partial charge in [-0.25, -0.2) is 0 Å². The molecule has 0 unspecified atom stereocenters. The molecule has 0 saturated carbocycles. The van der Waals surface area contributed by atoms with Crippen LogP contribution in [-0.4, -0.2) is 62.1 Å². The number of phenolic OH excluding ortho intramolecular Hbond substituents is 2. The molecule has 0 radical (unpaired) electrons. The monoisotopic (exact) mass is 842 g/mol. The molecule has 290 valence electrons. The predicted molar refractivity (Wildman–Crippen MR) is 200 cm³/mol. The Morgan fingerprint density at radius 3 is 1.48 bits per heavy atom. The van der Waals surface area contributed by atoms with E-state index in [2.05, 4.69) is 20.5 Å². The van der Waals surface area contributed by atoms with E-state index >= 15 is 0 Å². The Morgan fingerprint density at radius 2 is 0.982 bits per heavy atom. The van der Waals surface area contributed by atoms with Crippen LogP contribution in [0.3, 0.4) is 0 Å². The van der Waals surface area contributed by atoms with Crippen LogP contribution in [0.1, 0.15) is 11.1 Å². The van der Waals surface area contributed by atoms with Gasteiger partial charge in [0.2, 0.25) is 0 Å². The fourth-order valence-corrected chi connectivity index (χ4v) is 8.21. The Bertz CT molecular complexity index is 3130. The molecule has 0 saturated heterocycles. The van der Waals surface area contributed by atoms with Crippen LogP contribution in [-0.2, 0) is 40.5 Å². The molecular weight excluding hydrogens is 817 g/mol. The third-order valence-corrected chi connectivity index (χ3v) is 11.8. The van der Waals surface area contributed by atoms with Gasteiger partial charge in [-0.2, -0.15) is 43.9 Å². The number of nitrogens with zero attached hydrogens (tertiary/aromatic N) is 4. The largest absolute Gasteiger partial charge is 0.506 e. The van der Waals surface area contributed by atoms with Gasteiger partial charge in [-0.3, -0.25) is 18.2 Å². The molecule has 0 aliphatic carbocycles. The molecular formula is C34H26N4O14S4. The summed E-state index contributed by atoms with van der Waals surface area (Å²) in [7, 11) is -19.7. The second-order valence-corrected chi connectivity index (χ2v) is 17.8. The van der Waals surface area contributed by atoms with Crippen molar-refractivity contribution in [2.75, 3.05) is 0 Å². The lowest BCUT2D eigenvalue weighted by atomic mass is 10.0. The molecule has 0 aliphatic rings. The molecule has 0 atom stereocenters. The number of hydrogen-bond acceptors (Lipinski definition) is 14. The summed E-state index contributed by atoms with van der Waals surface area (Å²) in [5.41, 5.74) is 2.24. The third kappa shape index (κ3) is 7.98. The summed E-state index contributed by atoms with van der Waals surface area (Å²) in [5.74, 6) is -1.50. The van der Waals surface area contributed by atoms with Gasteiger partial charge in [-0.15, -0.1) is 10.2 Å². The number of azo groups is 2. The molecule has 0 aromatic heterocycles. The van der Waals surface area contributed by atoms with Crippen molar-refractivity contribution in [1.29, 1.82) is 0 Å². The summed E-state index contributed by atoms with van der Waals surface area (Å²) >= 11 is 0. The first-order valence-electron chi connectivity index (χ1n) is 15.5. The van der Waals surface area contributed by atoms with Crippen LogP contribution in [0.25, 0.3) is 32.7 Å². The zero-order valence-electron chi connectivity index (χ0n) is 28.5. The highest BCUT2D eigenvalue weighted by molar-refractivity contribution is 7.87. The number of benzene rings is 6. The summed E-state index contributed by atoms with van der Waals surface area (Å²) in [6.45, 7) is 3.38. The molecule has 0 fully saturated rings. The van der Waals surface area contributed by atoms with Crippen LogP contribution in [0.4, 0.5) is 22.7 Å². The van der Waals surface area contributed by atoms with Crippen molar-refractivity contribution in [3.63, 3.8) is 0 Å². The maximum absolute atomic E-state index is 12.2. The van der Waals surface area contributed by atoms with Gasteiger partial charge in [-0.1, -0.05) is 24.3 Å². The number of fused-ring (bicyclic) bond motifs is 2. The van der Waals surface area contributed by atoms with Crippen LogP contribution in [0.15, 0.2) is 125 Å². The first-order valence-corrected chi connectivity index (χ1v) is 21.2. The summed E-state index contributed by atoms with van der Waals surface area (Å²) in [6, 6.07) is 17.6. The zero-order valence-corrected chi connectivity index (χ0v) is 31.7. The Morgan fingerprint density at radius 1 is 0.464 bits per heavy atom. The van der Waals surface area contributed by atoms with E-state index in [1.54, 1.807) is 50.2 Å². The molecule has 18 nitrogen and oxygen atoms in total. The Balaban J connectivity index is 1.34. The topological polar surface area (TPSA) is 307 Å². The molecule has 0 aliphatic heterocycles. The van der Waals surface area contributed by atoms with E-state index in [1.165, 1.54) is 12.1 Å². The van der Waals surface area contributed by atoms with E-state index in [-0.39, 0.29) is 32.9 Å². The number of aromatic hydroxyl groups is 2. The lowest BCUT2D eigenvalue weighted by Crippen LogP contribution is -2.04. The minimum Gasteiger partial charge on any atom is -0.506 e. The molecule has 56 heavy (non-hydrogen) atoms. The number of rotatable bonds is 9. The van der Waals surface area contributed by atoms with Gasteiger partial charge in [-0.05, 0) is 108 Å². The van der Waals surface area contributed by atoms with Crippen molar-refractivity contribution in [2.45, 2.75) is 33.4 Å². The van der Waals surface area contributed by atoms with E-state index in [1.807, 2.05) is 0 Å². The molecule has 0 bridgehead atoms. The minimum atomic E-state index is -5.10. The maximum Gasteiger partial charge on any atom is 0.298 e. The van der Waals surface area contributed by atoms with E-state index in [9.17, 15) is 62.1 Å². The highest BCUT2D eigenvalue weighted by Gasteiger charge is 2.25. The molecule has 0 heterocycles. The van der Waals surface area contributed by atoms with Gasteiger partial charge in [0.05, 0.1) is 21.2 Å². The standard InChI is InChI=1S/C34H26N4O14S4/c1-17-11-19(3-8-26(17)35-37-32-25-7-6-23(53(41,42)43)14-22(25)15-30(34(32)40)56(50,51)52)20-4-9-27(18(2)12-20)36-38-33-28(39)10-5-21-13-24(54(44,45)46)16-29(31(21)33)55(47,48)49/h3-16,39-40H,1-2H3,(H,41,42,43)(H,44,45,46)(H,47,48,49)(H,50,51,52). The summed E-state index contributed by atoms with van der Waals surface area (Å²) in [5, 5.41) is 37.1. The normalized spacial score (nSPS) is 13.0. The highest BCUT2D eigenvalue weighted by atomic mass is 32.2. The average Bonchev–Trinajstić information content (AvgIpc) is 3.09. The Hall–Kier alpha value is -5.72. The van der Waals surface area contributed by atoms with Crippen molar-refractivity contribution < 1.29 is 62.1 Å². The average molecular weight is 843 g/mol. The van der Waals surface area contributed by atoms with Crippen LogP contribution in [0.5, 0.6) is 11.5 Å². The van der Waals surface area contributed by atoms with Gasteiger partial charge in [0, 0.05) is 10.8 Å². The minimum absolute atomic E-state index is 0.0499. The summed E-state index contributed by atoms with van der Waals surface area (Å²) < 4.78 is 134. The molecule has 6 aromatic rings.